The highest BCUT2D eigenvalue weighted by Gasteiger charge is 2.17. The lowest BCUT2D eigenvalue weighted by molar-refractivity contribution is -0.140. The van der Waals surface area contributed by atoms with Gasteiger partial charge in [-0.3, -0.25) is 14.0 Å². The third-order valence-corrected chi connectivity index (χ3v) is 5.20. The Balaban J connectivity index is 1.71. The molecule has 0 fully saturated rings. The van der Waals surface area contributed by atoms with Crippen LogP contribution in [-0.4, -0.2) is 43.8 Å². The van der Waals surface area contributed by atoms with Gasteiger partial charge in [0.15, 0.2) is 16.6 Å². The highest BCUT2D eigenvalue weighted by molar-refractivity contribution is 7.99. The molecule has 8 heteroatoms. The molecule has 0 radical (unpaired) electrons. The zero-order valence-corrected chi connectivity index (χ0v) is 15.7. The molecule has 136 valence electrons. The predicted octanol–water partition coefficient (Wildman–Crippen LogP) is 2.69. The first-order valence-electron chi connectivity index (χ1n) is 8.20. The SMILES string of the molecule is COC(=O)CCn1c(C)cc(C(=O)CSc2nnc3ccccn23)c1C. The van der Waals surface area contributed by atoms with E-state index in [1.54, 1.807) is 0 Å². The Morgan fingerprint density at radius 2 is 2.04 bits per heavy atom. The van der Waals surface area contributed by atoms with Crippen molar-refractivity contribution >= 4 is 29.2 Å². The lowest BCUT2D eigenvalue weighted by Gasteiger charge is -2.08. The number of nitrogens with zero attached hydrogens (tertiary/aromatic N) is 4. The second-order valence-electron chi connectivity index (χ2n) is 5.89. The van der Waals surface area contributed by atoms with Gasteiger partial charge in [-0.15, -0.1) is 10.2 Å². The molecule has 3 heterocycles. The fraction of sp³-hybridized carbons (Fsp3) is 0.333. The van der Waals surface area contributed by atoms with Gasteiger partial charge in [0.1, 0.15) is 0 Å². The number of thioether (sulfide) groups is 1. The molecule has 3 rings (SSSR count). The minimum absolute atomic E-state index is 0.0279. The van der Waals surface area contributed by atoms with E-state index in [1.165, 1.54) is 18.9 Å². The van der Waals surface area contributed by atoms with E-state index in [0.717, 1.165) is 17.0 Å². The summed E-state index contributed by atoms with van der Waals surface area (Å²) in [6.07, 6.45) is 2.15. The molecule has 0 atom stereocenters. The van der Waals surface area contributed by atoms with Crippen molar-refractivity contribution in [1.29, 1.82) is 0 Å². The number of Topliss-reactive ketones (excluding diaryl/α,β-unsaturated/α-hetero) is 1. The van der Waals surface area contributed by atoms with Gasteiger partial charge in [-0.1, -0.05) is 17.8 Å². The molecular formula is C18H20N4O3S. The molecule has 3 aromatic rings. The van der Waals surface area contributed by atoms with Gasteiger partial charge >= 0.3 is 5.97 Å². The van der Waals surface area contributed by atoms with E-state index in [4.69, 9.17) is 0 Å². The van der Waals surface area contributed by atoms with E-state index in [-0.39, 0.29) is 23.9 Å². The highest BCUT2D eigenvalue weighted by Crippen LogP contribution is 2.21. The monoisotopic (exact) mass is 372 g/mol. The van der Waals surface area contributed by atoms with Crippen molar-refractivity contribution in [3.8, 4) is 0 Å². The van der Waals surface area contributed by atoms with Gasteiger partial charge in [0.05, 0.1) is 19.3 Å². The van der Waals surface area contributed by atoms with E-state index in [1.807, 2.05) is 53.3 Å². The van der Waals surface area contributed by atoms with Gasteiger partial charge in [0, 0.05) is 29.7 Å². The van der Waals surface area contributed by atoms with Crippen LogP contribution in [0.2, 0.25) is 0 Å². The normalized spacial score (nSPS) is 11.0. The van der Waals surface area contributed by atoms with Crippen molar-refractivity contribution in [3.63, 3.8) is 0 Å². The summed E-state index contributed by atoms with van der Waals surface area (Å²) in [6, 6.07) is 7.54. The summed E-state index contributed by atoms with van der Waals surface area (Å²) in [4.78, 5) is 24.0. The first-order chi connectivity index (χ1) is 12.5. The first-order valence-corrected chi connectivity index (χ1v) is 9.19. The second kappa shape index (κ2) is 7.74. The molecule has 7 nitrogen and oxygen atoms in total. The van der Waals surface area contributed by atoms with Crippen LogP contribution in [0.5, 0.6) is 0 Å². The standard InChI is InChI=1S/C18H20N4O3S/c1-12-10-14(13(2)21(12)9-7-17(24)25-3)15(23)11-26-18-20-19-16-6-4-5-8-22(16)18/h4-6,8,10H,7,9,11H2,1-3H3. The van der Waals surface area contributed by atoms with Crippen molar-refractivity contribution in [2.45, 2.75) is 32.0 Å². The van der Waals surface area contributed by atoms with Gasteiger partial charge in [0.25, 0.3) is 0 Å². The van der Waals surface area contributed by atoms with Crippen molar-refractivity contribution < 1.29 is 14.3 Å². The van der Waals surface area contributed by atoms with Crippen LogP contribution in [0.1, 0.15) is 28.2 Å². The van der Waals surface area contributed by atoms with Crippen molar-refractivity contribution in [3.05, 3.63) is 47.4 Å². The zero-order valence-electron chi connectivity index (χ0n) is 14.9. The first kappa shape index (κ1) is 18.2. The minimum Gasteiger partial charge on any atom is -0.469 e. The maximum atomic E-state index is 12.7. The fourth-order valence-electron chi connectivity index (χ4n) is 2.86. The molecular weight excluding hydrogens is 352 g/mol. The van der Waals surface area contributed by atoms with Crippen molar-refractivity contribution in [1.82, 2.24) is 19.2 Å². The summed E-state index contributed by atoms with van der Waals surface area (Å²) in [5.41, 5.74) is 3.24. The van der Waals surface area contributed by atoms with Crippen molar-refractivity contribution in [2.24, 2.45) is 0 Å². The molecule has 0 saturated carbocycles. The number of aryl methyl sites for hydroxylation is 1. The second-order valence-corrected chi connectivity index (χ2v) is 6.83. The molecule has 0 saturated heterocycles. The molecule has 0 spiro atoms. The Morgan fingerprint density at radius 3 is 2.81 bits per heavy atom. The average molecular weight is 372 g/mol. The van der Waals surface area contributed by atoms with Crippen LogP contribution < -0.4 is 0 Å². The third-order valence-electron chi connectivity index (χ3n) is 4.26. The van der Waals surface area contributed by atoms with Crippen LogP contribution in [0, 0.1) is 13.8 Å². The summed E-state index contributed by atoms with van der Waals surface area (Å²) in [5, 5.41) is 8.91. The van der Waals surface area contributed by atoms with Gasteiger partial charge in [0.2, 0.25) is 0 Å². The average Bonchev–Trinajstić information content (AvgIpc) is 3.18. The number of aromatic nitrogens is 4. The molecule has 0 unspecified atom stereocenters. The predicted molar refractivity (Wildman–Crippen MR) is 98.6 cm³/mol. The van der Waals surface area contributed by atoms with E-state index in [9.17, 15) is 9.59 Å². The Kier molecular flexibility index (Phi) is 5.41. The minimum atomic E-state index is -0.264. The Labute approximate surface area is 155 Å². The Bertz CT molecular complexity index is 961. The maximum Gasteiger partial charge on any atom is 0.307 e. The molecule has 0 N–H and O–H groups in total. The topological polar surface area (TPSA) is 78.5 Å². The van der Waals surface area contributed by atoms with Gasteiger partial charge in [-0.2, -0.15) is 0 Å². The number of fused-ring (bicyclic) bond motifs is 1. The molecule has 3 aromatic heterocycles. The van der Waals surface area contributed by atoms with Gasteiger partial charge < -0.3 is 9.30 Å². The van der Waals surface area contributed by atoms with Crippen LogP contribution in [0.25, 0.3) is 5.65 Å². The summed E-state index contributed by atoms with van der Waals surface area (Å²) < 4.78 is 8.52. The van der Waals surface area contributed by atoms with Gasteiger partial charge in [-0.25, -0.2) is 0 Å². The number of rotatable bonds is 7. The lowest BCUT2D eigenvalue weighted by Crippen LogP contribution is -2.10. The van der Waals surface area contributed by atoms with Gasteiger partial charge in [-0.05, 0) is 32.0 Å². The largest absolute Gasteiger partial charge is 0.469 e. The molecule has 0 aliphatic rings. The van der Waals surface area contributed by atoms with E-state index in [0.29, 0.717) is 17.3 Å². The molecule has 0 amide bonds. The molecule has 0 aliphatic carbocycles. The summed E-state index contributed by atoms with van der Waals surface area (Å²) in [7, 11) is 1.37. The van der Waals surface area contributed by atoms with Crippen LogP contribution in [0.15, 0.2) is 35.6 Å². The van der Waals surface area contributed by atoms with E-state index in [2.05, 4.69) is 14.9 Å². The van der Waals surface area contributed by atoms with Crippen LogP contribution >= 0.6 is 11.8 Å². The zero-order chi connectivity index (χ0) is 18.7. The molecule has 0 aliphatic heterocycles. The summed E-state index contributed by atoms with van der Waals surface area (Å²) in [5.74, 6) is 0.0384. The Hall–Kier alpha value is -2.61. The number of carbonyl (C=O) groups is 2. The number of esters is 1. The summed E-state index contributed by atoms with van der Waals surface area (Å²) >= 11 is 1.36. The number of ketones is 1. The van der Waals surface area contributed by atoms with Crippen LogP contribution in [0.4, 0.5) is 0 Å². The molecule has 26 heavy (non-hydrogen) atoms. The van der Waals surface area contributed by atoms with E-state index >= 15 is 0 Å². The number of methoxy groups -OCH3 is 1. The molecule has 0 aromatic carbocycles. The number of ether oxygens (including phenoxy) is 1. The third kappa shape index (κ3) is 3.65. The Morgan fingerprint density at radius 1 is 1.23 bits per heavy atom. The quantitative estimate of drug-likeness (QED) is 0.360. The lowest BCUT2D eigenvalue weighted by atomic mass is 10.2. The number of hydrogen-bond donors (Lipinski definition) is 0. The smallest absolute Gasteiger partial charge is 0.307 e. The van der Waals surface area contributed by atoms with Crippen molar-refractivity contribution in [2.75, 3.05) is 12.9 Å². The van der Waals surface area contributed by atoms with Crippen LogP contribution in [-0.2, 0) is 16.1 Å². The van der Waals surface area contributed by atoms with E-state index < -0.39 is 0 Å². The number of carbonyl (C=O) groups excluding carboxylic acids is 2. The summed E-state index contributed by atoms with van der Waals surface area (Å²) in [6.45, 7) is 4.33. The highest BCUT2D eigenvalue weighted by atomic mass is 32.2. The van der Waals surface area contributed by atoms with Crippen LogP contribution in [0.3, 0.4) is 0 Å². The fourth-order valence-corrected chi connectivity index (χ4v) is 3.67. The number of pyridine rings is 1. The molecule has 0 bridgehead atoms. The maximum absolute atomic E-state index is 12.7. The number of hydrogen-bond acceptors (Lipinski definition) is 6.